The SMILES string of the molecule is Cn1c(=O)oc2cc(S(=O)(=O)NCCc3nn4cnnc4s3)ccc21. The Bertz CT molecular complexity index is 1200. The van der Waals surface area contributed by atoms with Gasteiger partial charge in [-0.15, -0.1) is 10.2 Å². The Morgan fingerprint density at radius 3 is 3.00 bits per heavy atom. The van der Waals surface area contributed by atoms with Gasteiger partial charge in [-0.2, -0.15) is 9.61 Å². The summed E-state index contributed by atoms with van der Waals surface area (Å²) in [7, 11) is -2.16. The summed E-state index contributed by atoms with van der Waals surface area (Å²) >= 11 is 1.35. The van der Waals surface area contributed by atoms with Crippen molar-refractivity contribution in [2.75, 3.05) is 6.54 Å². The molecule has 0 spiro atoms. The van der Waals surface area contributed by atoms with Gasteiger partial charge in [-0.3, -0.25) is 4.57 Å². The van der Waals surface area contributed by atoms with Crippen LogP contribution in [0.2, 0.25) is 0 Å². The Morgan fingerprint density at radius 1 is 1.36 bits per heavy atom. The van der Waals surface area contributed by atoms with E-state index in [0.29, 0.717) is 16.9 Å². The highest BCUT2D eigenvalue weighted by molar-refractivity contribution is 7.89. The monoisotopic (exact) mass is 380 g/mol. The van der Waals surface area contributed by atoms with Gasteiger partial charge >= 0.3 is 5.76 Å². The van der Waals surface area contributed by atoms with E-state index in [1.54, 1.807) is 11.6 Å². The van der Waals surface area contributed by atoms with Crippen LogP contribution in [0.1, 0.15) is 5.01 Å². The van der Waals surface area contributed by atoms with Gasteiger partial charge < -0.3 is 4.42 Å². The number of benzene rings is 1. The number of fused-ring (bicyclic) bond motifs is 2. The van der Waals surface area contributed by atoms with Gasteiger partial charge in [0.25, 0.3) is 0 Å². The normalized spacial score (nSPS) is 12.4. The van der Waals surface area contributed by atoms with Crippen molar-refractivity contribution in [2.24, 2.45) is 7.05 Å². The first-order valence-corrected chi connectivity index (χ1v) is 9.49. The Kier molecular flexibility index (Phi) is 3.67. The van der Waals surface area contributed by atoms with Crippen molar-refractivity contribution >= 4 is 37.4 Å². The minimum atomic E-state index is -3.72. The largest absolute Gasteiger partial charge is 0.419 e. The minimum absolute atomic E-state index is 0.0347. The lowest BCUT2D eigenvalue weighted by Crippen LogP contribution is -2.26. The number of hydrogen-bond acceptors (Lipinski definition) is 8. The number of sulfonamides is 1. The molecule has 0 saturated heterocycles. The molecular weight excluding hydrogens is 368 g/mol. The first-order chi connectivity index (χ1) is 11.9. The topological polar surface area (TPSA) is 124 Å². The van der Waals surface area contributed by atoms with E-state index in [0.717, 1.165) is 5.01 Å². The fourth-order valence-corrected chi connectivity index (χ4v) is 4.22. The van der Waals surface area contributed by atoms with Crippen LogP contribution < -0.4 is 10.5 Å². The average Bonchev–Trinajstić information content (AvgIpc) is 3.22. The van der Waals surface area contributed by atoms with Gasteiger partial charge in [0.2, 0.25) is 15.0 Å². The smallest absolute Gasteiger partial charge is 0.408 e. The molecule has 0 unspecified atom stereocenters. The summed E-state index contributed by atoms with van der Waals surface area (Å²) in [4.78, 5) is 12.2. The van der Waals surface area contributed by atoms with E-state index < -0.39 is 15.8 Å². The predicted molar refractivity (Wildman–Crippen MR) is 89.0 cm³/mol. The maximum atomic E-state index is 12.4. The summed E-state index contributed by atoms with van der Waals surface area (Å²) in [6, 6.07) is 4.31. The second kappa shape index (κ2) is 5.75. The average molecular weight is 380 g/mol. The standard InChI is InChI=1S/C13H12N6O4S2/c1-18-9-3-2-8(6-10(9)23-13(18)20)25(21,22)15-5-4-11-17-19-7-14-16-12(19)24-11/h2-3,6-7,15H,4-5H2,1H3. The highest BCUT2D eigenvalue weighted by atomic mass is 32.2. The highest BCUT2D eigenvalue weighted by Gasteiger charge is 2.17. The summed E-state index contributed by atoms with van der Waals surface area (Å²) in [5.74, 6) is -0.541. The molecular formula is C13H12N6O4S2. The van der Waals surface area contributed by atoms with Crippen molar-refractivity contribution in [2.45, 2.75) is 11.3 Å². The van der Waals surface area contributed by atoms with Crippen LogP contribution in [0.15, 0.2) is 38.6 Å². The highest BCUT2D eigenvalue weighted by Crippen LogP contribution is 2.18. The van der Waals surface area contributed by atoms with E-state index in [1.165, 1.54) is 40.4 Å². The fourth-order valence-electron chi connectivity index (χ4n) is 2.36. The summed E-state index contributed by atoms with van der Waals surface area (Å²) in [5, 5.41) is 12.6. The molecule has 130 valence electrons. The number of rotatable bonds is 5. The molecule has 3 heterocycles. The molecule has 25 heavy (non-hydrogen) atoms. The number of nitrogens with zero attached hydrogens (tertiary/aromatic N) is 5. The second-order valence-electron chi connectivity index (χ2n) is 5.26. The van der Waals surface area contributed by atoms with Crippen LogP contribution in [0, 0.1) is 0 Å². The number of nitrogens with one attached hydrogen (secondary N) is 1. The minimum Gasteiger partial charge on any atom is -0.408 e. The summed E-state index contributed by atoms with van der Waals surface area (Å²) < 4.78 is 35.2. The number of aryl methyl sites for hydroxylation is 1. The molecule has 0 fully saturated rings. The van der Waals surface area contributed by atoms with Gasteiger partial charge in [-0.1, -0.05) is 11.3 Å². The zero-order valence-corrected chi connectivity index (χ0v) is 14.5. The van der Waals surface area contributed by atoms with Gasteiger partial charge in [0.15, 0.2) is 5.58 Å². The maximum absolute atomic E-state index is 12.4. The number of oxazole rings is 1. The third-order valence-corrected chi connectivity index (χ3v) is 6.07. The van der Waals surface area contributed by atoms with Crippen LogP contribution in [0.5, 0.6) is 0 Å². The molecule has 3 aromatic heterocycles. The zero-order chi connectivity index (χ0) is 17.6. The molecule has 0 amide bonds. The Hall–Kier alpha value is -2.57. The molecule has 0 aliphatic heterocycles. The first-order valence-electron chi connectivity index (χ1n) is 7.19. The summed E-state index contributed by atoms with van der Waals surface area (Å²) in [6.07, 6.45) is 1.91. The van der Waals surface area contributed by atoms with E-state index in [4.69, 9.17) is 4.42 Å². The second-order valence-corrected chi connectivity index (χ2v) is 8.07. The third kappa shape index (κ3) is 2.83. The molecule has 4 aromatic rings. The molecule has 0 aliphatic carbocycles. The maximum Gasteiger partial charge on any atom is 0.419 e. The van der Waals surface area contributed by atoms with Crippen LogP contribution in [0.4, 0.5) is 0 Å². The first kappa shape index (κ1) is 15.9. The van der Waals surface area contributed by atoms with Gasteiger partial charge in [-0.25, -0.2) is 17.9 Å². The predicted octanol–water partition coefficient (Wildman–Crippen LogP) is 0.152. The van der Waals surface area contributed by atoms with Crippen molar-refractivity contribution in [3.8, 4) is 0 Å². The molecule has 12 heteroatoms. The van der Waals surface area contributed by atoms with E-state index >= 15 is 0 Å². The van der Waals surface area contributed by atoms with E-state index in [1.807, 2.05) is 0 Å². The Labute approximate surface area is 144 Å². The van der Waals surface area contributed by atoms with Crippen LogP contribution >= 0.6 is 11.3 Å². The molecule has 0 radical (unpaired) electrons. The van der Waals surface area contributed by atoms with Gasteiger partial charge in [-0.05, 0) is 12.1 Å². The van der Waals surface area contributed by atoms with Crippen LogP contribution in [0.3, 0.4) is 0 Å². The third-order valence-electron chi connectivity index (χ3n) is 3.63. The lowest BCUT2D eigenvalue weighted by molar-refractivity contribution is 0.527. The number of aromatic nitrogens is 5. The molecule has 0 saturated carbocycles. The van der Waals surface area contributed by atoms with Crippen LogP contribution in [-0.2, 0) is 23.5 Å². The number of hydrogen-bond donors (Lipinski definition) is 1. The zero-order valence-electron chi connectivity index (χ0n) is 12.9. The molecule has 0 bridgehead atoms. The molecule has 1 aromatic carbocycles. The van der Waals surface area contributed by atoms with E-state index in [2.05, 4.69) is 20.0 Å². The molecule has 10 nitrogen and oxygen atoms in total. The Morgan fingerprint density at radius 2 is 2.20 bits per heavy atom. The fraction of sp³-hybridized carbons (Fsp3) is 0.231. The quantitative estimate of drug-likeness (QED) is 0.522. The van der Waals surface area contributed by atoms with E-state index in [-0.39, 0.29) is 17.0 Å². The van der Waals surface area contributed by atoms with Crippen LogP contribution in [0.25, 0.3) is 16.1 Å². The molecule has 4 rings (SSSR count). The van der Waals surface area contributed by atoms with E-state index in [9.17, 15) is 13.2 Å². The van der Waals surface area contributed by atoms with Crippen molar-refractivity contribution in [1.29, 1.82) is 0 Å². The Balaban J connectivity index is 1.51. The lowest BCUT2D eigenvalue weighted by Gasteiger charge is -2.05. The van der Waals surface area contributed by atoms with Crippen molar-refractivity contribution in [3.63, 3.8) is 0 Å². The van der Waals surface area contributed by atoms with Gasteiger partial charge in [0, 0.05) is 26.1 Å². The van der Waals surface area contributed by atoms with Gasteiger partial charge in [0.1, 0.15) is 11.3 Å². The lowest BCUT2D eigenvalue weighted by atomic mass is 10.3. The summed E-state index contributed by atoms with van der Waals surface area (Å²) in [5.41, 5.74) is 0.757. The molecule has 0 aliphatic rings. The molecule has 1 N–H and O–H groups in total. The molecule has 0 atom stereocenters. The van der Waals surface area contributed by atoms with Crippen molar-refractivity contribution < 1.29 is 12.8 Å². The van der Waals surface area contributed by atoms with Crippen molar-refractivity contribution in [1.82, 2.24) is 29.1 Å². The van der Waals surface area contributed by atoms with Gasteiger partial charge in [0.05, 0.1) is 10.4 Å². The summed E-state index contributed by atoms with van der Waals surface area (Å²) in [6.45, 7) is 0.184. The van der Waals surface area contributed by atoms with Crippen LogP contribution in [-0.4, -0.2) is 39.3 Å². The van der Waals surface area contributed by atoms with Crippen molar-refractivity contribution in [3.05, 3.63) is 40.1 Å².